The lowest BCUT2D eigenvalue weighted by molar-refractivity contribution is 0.0945. The summed E-state index contributed by atoms with van der Waals surface area (Å²) in [5.74, 6) is -0.458. The normalized spacial score (nSPS) is 12.4. The highest BCUT2D eigenvalue weighted by atomic mass is 32.2. The van der Waals surface area contributed by atoms with Gasteiger partial charge in [-0.2, -0.15) is 0 Å². The second kappa shape index (κ2) is 5.66. The van der Waals surface area contributed by atoms with E-state index in [0.29, 0.717) is 13.1 Å². The summed E-state index contributed by atoms with van der Waals surface area (Å²) in [5, 5.41) is 9.96. The number of sulfone groups is 1. The van der Waals surface area contributed by atoms with E-state index in [0.717, 1.165) is 6.26 Å². The van der Waals surface area contributed by atoms with Crippen molar-refractivity contribution in [2.45, 2.75) is 25.1 Å². The molecule has 0 bridgehead atoms. The van der Waals surface area contributed by atoms with Gasteiger partial charge in [0.25, 0.3) is 5.91 Å². The van der Waals surface area contributed by atoms with Crippen LogP contribution in [-0.2, 0) is 16.4 Å². The second-order valence-corrected chi connectivity index (χ2v) is 7.52. The van der Waals surface area contributed by atoms with E-state index in [-0.39, 0.29) is 12.2 Å². The van der Waals surface area contributed by atoms with Crippen LogP contribution in [0.5, 0.6) is 0 Å². The molecule has 0 aliphatic carbocycles. The van der Waals surface area contributed by atoms with Gasteiger partial charge in [-0.1, -0.05) is 5.21 Å². The molecule has 0 saturated heterocycles. The maximum absolute atomic E-state index is 11.8. The molecule has 0 aromatic carbocycles. The SMILES string of the molecule is CC(C)(CNC(=O)c1cn(CCN)nn1)S(C)(=O)=O. The largest absolute Gasteiger partial charge is 0.349 e. The van der Waals surface area contributed by atoms with Crippen LogP contribution in [0.4, 0.5) is 0 Å². The fourth-order valence-electron chi connectivity index (χ4n) is 1.16. The molecule has 1 aromatic rings. The number of rotatable bonds is 6. The monoisotopic (exact) mass is 289 g/mol. The molecule has 0 atom stereocenters. The number of carbonyl (C=O) groups excluding carboxylic acids is 1. The number of nitrogens with one attached hydrogen (secondary N) is 1. The van der Waals surface area contributed by atoms with Crippen LogP contribution >= 0.6 is 0 Å². The molecule has 0 radical (unpaired) electrons. The van der Waals surface area contributed by atoms with Gasteiger partial charge in [0.2, 0.25) is 0 Å². The molecular formula is C10H19N5O3S. The molecule has 0 saturated carbocycles. The zero-order chi connectivity index (χ0) is 14.7. The first-order valence-corrected chi connectivity index (χ1v) is 7.64. The molecule has 108 valence electrons. The highest BCUT2D eigenvalue weighted by molar-refractivity contribution is 7.92. The van der Waals surface area contributed by atoms with Crippen molar-refractivity contribution in [2.75, 3.05) is 19.3 Å². The van der Waals surface area contributed by atoms with Gasteiger partial charge >= 0.3 is 0 Å². The van der Waals surface area contributed by atoms with E-state index in [4.69, 9.17) is 5.73 Å². The molecule has 9 heteroatoms. The van der Waals surface area contributed by atoms with E-state index in [1.807, 2.05) is 0 Å². The molecule has 1 heterocycles. The third-order valence-electron chi connectivity index (χ3n) is 2.81. The Morgan fingerprint density at radius 2 is 2.16 bits per heavy atom. The zero-order valence-corrected chi connectivity index (χ0v) is 12.1. The standard InChI is InChI=1S/C10H19N5O3S/c1-10(2,19(3,17)18)7-12-9(16)8-6-15(5-4-11)14-13-8/h6H,4-5,7,11H2,1-3H3,(H,12,16). The Morgan fingerprint density at radius 3 is 2.68 bits per heavy atom. The fraction of sp³-hybridized carbons (Fsp3) is 0.700. The van der Waals surface area contributed by atoms with Gasteiger partial charge in [-0.05, 0) is 13.8 Å². The van der Waals surface area contributed by atoms with Gasteiger partial charge < -0.3 is 11.1 Å². The Labute approximate surface area is 112 Å². The fourth-order valence-corrected chi connectivity index (χ4v) is 1.49. The Balaban J connectivity index is 2.65. The smallest absolute Gasteiger partial charge is 0.273 e. The first-order valence-electron chi connectivity index (χ1n) is 5.75. The van der Waals surface area contributed by atoms with Gasteiger partial charge in [-0.15, -0.1) is 5.10 Å². The van der Waals surface area contributed by atoms with E-state index < -0.39 is 20.5 Å². The van der Waals surface area contributed by atoms with Gasteiger partial charge in [-0.25, -0.2) is 8.42 Å². The molecule has 0 aliphatic heterocycles. The molecule has 1 rings (SSSR count). The van der Waals surface area contributed by atoms with Crippen LogP contribution < -0.4 is 11.1 Å². The van der Waals surface area contributed by atoms with Crippen LogP contribution in [0.15, 0.2) is 6.20 Å². The van der Waals surface area contributed by atoms with Gasteiger partial charge in [0.05, 0.1) is 17.5 Å². The summed E-state index contributed by atoms with van der Waals surface area (Å²) < 4.78 is 23.4. The number of hydrogen-bond acceptors (Lipinski definition) is 6. The molecular weight excluding hydrogens is 270 g/mol. The minimum absolute atomic E-state index is 0.00835. The summed E-state index contributed by atoms with van der Waals surface area (Å²) in [7, 11) is -3.26. The first kappa shape index (κ1) is 15.6. The molecule has 0 fully saturated rings. The maximum Gasteiger partial charge on any atom is 0.273 e. The van der Waals surface area contributed by atoms with Crippen LogP contribution in [0.25, 0.3) is 0 Å². The lowest BCUT2D eigenvalue weighted by atomic mass is 10.2. The molecule has 0 unspecified atom stereocenters. The lowest BCUT2D eigenvalue weighted by Crippen LogP contribution is -2.43. The predicted octanol–water partition coefficient (Wildman–Crippen LogP) is -1.21. The van der Waals surface area contributed by atoms with Gasteiger partial charge in [0.1, 0.15) is 0 Å². The van der Waals surface area contributed by atoms with Crippen molar-refractivity contribution in [1.29, 1.82) is 0 Å². The number of carbonyl (C=O) groups is 1. The van der Waals surface area contributed by atoms with Crippen molar-refractivity contribution in [3.05, 3.63) is 11.9 Å². The third kappa shape index (κ3) is 4.00. The lowest BCUT2D eigenvalue weighted by Gasteiger charge is -2.22. The van der Waals surface area contributed by atoms with Crippen LogP contribution in [0.1, 0.15) is 24.3 Å². The van der Waals surface area contributed by atoms with E-state index in [1.54, 1.807) is 13.8 Å². The van der Waals surface area contributed by atoms with E-state index >= 15 is 0 Å². The van der Waals surface area contributed by atoms with Crippen LogP contribution in [0.2, 0.25) is 0 Å². The zero-order valence-electron chi connectivity index (χ0n) is 11.3. The summed E-state index contributed by atoms with van der Waals surface area (Å²) in [6.45, 7) is 3.97. The summed E-state index contributed by atoms with van der Waals surface area (Å²) in [6.07, 6.45) is 2.60. The maximum atomic E-state index is 11.8. The topological polar surface area (TPSA) is 120 Å². The Morgan fingerprint density at radius 1 is 1.53 bits per heavy atom. The van der Waals surface area contributed by atoms with E-state index in [9.17, 15) is 13.2 Å². The Hall–Kier alpha value is -1.48. The molecule has 0 aliphatic rings. The van der Waals surface area contributed by atoms with Crippen molar-refractivity contribution in [1.82, 2.24) is 20.3 Å². The molecule has 19 heavy (non-hydrogen) atoms. The predicted molar refractivity (Wildman–Crippen MR) is 70.3 cm³/mol. The Kier molecular flexibility index (Phi) is 4.64. The van der Waals surface area contributed by atoms with Crippen molar-refractivity contribution in [2.24, 2.45) is 5.73 Å². The number of aromatic nitrogens is 3. The van der Waals surface area contributed by atoms with E-state index in [2.05, 4.69) is 15.6 Å². The second-order valence-electron chi connectivity index (χ2n) is 4.87. The first-order chi connectivity index (χ1) is 8.67. The van der Waals surface area contributed by atoms with Crippen LogP contribution in [0, 0.1) is 0 Å². The number of amides is 1. The molecule has 1 amide bonds. The minimum Gasteiger partial charge on any atom is -0.349 e. The average Bonchev–Trinajstić information content (AvgIpc) is 2.73. The van der Waals surface area contributed by atoms with Crippen molar-refractivity contribution in [3.63, 3.8) is 0 Å². The summed E-state index contributed by atoms with van der Waals surface area (Å²) in [6, 6.07) is 0. The van der Waals surface area contributed by atoms with Gasteiger partial charge in [0, 0.05) is 19.3 Å². The highest BCUT2D eigenvalue weighted by Crippen LogP contribution is 2.13. The molecule has 0 spiro atoms. The quantitative estimate of drug-likeness (QED) is 0.678. The molecule has 8 nitrogen and oxygen atoms in total. The number of nitrogens with two attached hydrogens (primary N) is 1. The van der Waals surface area contributed by atoms with Crippen LogP contribution in [-0.4, -0.2) is 53.4 Å². The van der Waals surface area contributed by atoms with Gasteiger partial charge in [-0.3, -0.25) is 9.48 Å². The third-order valence-corrected chi connectivity index (χ3v) is 4.96. The number of hydrogen-bond donors (Lipinski definition) is 2. The highest BCUT2D eigenvalue weighted by Gasteiger charge is 2.30. The van der Waals surface area contributed by atoms with E-state index in [1.165, 1.54) is 10.9 Å². The van der Waals surface area contributed by atoms with Gasteiger partial charge in [0.15, 0.2) is 15.5 Å². The van der Waals surface area contributed by atoms with Crippen molar-refractivity contribution in [3.8, 4) is 0 Å². The molecule has 1 aromatic heterocycles. The molecule has 3 N–H and O–H groups in total. The average molecular weight is 289 g/mol. The number of nitrogens with zero attached hydrogens (tertiary/aromatic N) is 3. The minimum atomic E-state index is -3.26. The summed E-state index contributed by atoms with van der Waals surface area (Å²) >= 11 is 0. The summed E-state index contributed by atoms with van der Waals surface area (Å²) in [4.78, 5) is 11.8. The Bertz CT molecular complexity index is 549. The van der Waals surface area contributed by atoms with Crippen LogP contribution in [0.3, 0.4) is 0 Å². The van der Waals surface area contributed by atoms with Crippen molar-refractivity contribution >= 4 is 15.7 Å². The van der Waals surface area contributed by atoms with Crippen molar-refractivity contribution < 1.29 is 13.2 Å². The summed E-state index contributed by atoms with van der Waals surface area (Å²) in [5.41, 5.74) is 5.49.